The highest BCUT2D eigenvalue weighted by Gasteiger charge is 2.19. The number of amides is 1. The molecule has 2 aromatic rings. The molecule has 0 atom stereocenters. The number of carbonyl (C=O) groups is 1. The van der Waals surface area contributed by atoms with Crippen LogP contribution in [0.5, 0.6) is 5.88 Å². The van der Waals surface area contributed by atoms with E-state index in [2.05, 4.69) is 5.10 Å². The number of carbonyl (C=O) groups excluding carboxylic acids is 1. The van der Waals surface area contributed by atoms with Gasteiger partial charge >= 0.3 is 0 Å². The molecule has 0 aliphatic carbocycles. The lowest BCUT2D eigenvalue weighted by molar-refractivity contribution is 0.0766. The van der Waals surface area contributed by atoms with Gasteiger partial charge in [-0.2, -0.15) is 5.10 Å². The Bertz CT molecular complexity index is 589. The van der Waals surface area contributed by atoms with Gasteiger partial charge in [0.2, 0.25) is 5.88 Å². The van der Waals surface area contributed by atoms with Crippen LogP contribution in [0.1, 0.15) is 31.3 Å². The van der Waals surface area contributed by atoms with Crippen molar-refractivity contribution in [1.82, 2.24) is 14.7 Å². The molecule has 112 valence electrons. The molecule has 5 nitrogen and oxygen atoms in total. The van der Waals surface area contributed by atoms with Crippen LogP contribution < -0.4 is 4.74 Å². The summed E-state index contributed by atoms with van der Waals surface area (Å²) in [5, 5.41) is 4.42. The third-order valence-corrected chi connectivity index (χ3v) is 3.24. The first-order chi connectivity index (χ1) is 10.2. The van der Waals surface area contributed by atoms with E-state index in [4.69, 9.17) is 4.74 Å². The molecule has 0 radical (unpaired) electrons. The molecule has 0 bridgehead atoms. The second-order valence-corrected chi connectivity index (χ2v) is 4.53. The maximum absolute atomic E-state index is 12.4. The molecule has 0 aliphatic rings. The van der Waals surface area contributed by atoms with Crippen molar-refractivity contribution < 1.29 is 9.53 Å². The number of nitrogens with zero attached hydrogens (tertiary/aromatic N) is 3. The van der Waals surface area contributed by atoms with Gasteiger partial charge in [0, 0.05) is 19.2 Å². The number of hydrogen-bond donors (Lipinski definition) is 0. The summed E-state index contributed by atoms with van der Waals surface area (Å²) in [6, 6.07) is 11.4. The fourth-order valence-corrected chi connectivity index (χ4v) is 2.15. The van der Waals surface area contributed by atoms with Crippen LogP contribution in [0.2, 0.25) is 0 Å². The standard InChI is InChI=1S/C16H21N3O2/c1-4-18(5-2)16(20)14-12-15(21-6-3)19(17-14)13-10-8-7-9-11-13/h7-12H,4-6H2,1-3H3. The summed E-state index contributed by atoms with van der Waals surface area (Å²) < 4.78 is 7.27. The molecule has 1 heterocycles. The summed E-state index contributed by atoms with van der Waals surface area (Å²) >= 11 is 0. The van der Waals surface area contributed by atoms with Crippen LogP contribution in [0.3, 0.4) is 0 Å². The lowest BCUT2D eigenvalue weighted by Crippen LogP contribution is -2.30. The van der Waals surface area contributed by atoms with Crippen molar-refractivity contribution in [2.24, 2.45) is 0 Å². The molecule has 0 saturated heterocycles. The molecule has 2 rings (SSSR count). The average molecular weight is 287 g/mol. The van der Waals surface area contributed by atoms with Gasteiger partial charge in [-0.1, -0.05) is 18.2 Å². The maximum Gasteiger partial charge on any atom is 0.274 e. The molecule has 21 heavy (non-hydrogen) atoms. The monoisotopic (exact) mass is 287 g/mol. The highest BCUT2D eigenvalue weighted by molar-refractivity contribution is 5.92. The largest absolute Gasteiger partial charge is 0.478 e. The second kappa shape index (κ2) is 6.92. The minimum absolute atomic E-state index is 0.0735. The van der Waals surface area contributed by atoms with Gasteiger partial charge in [0.1, 0.15) is 0 Å². The number of ether oxygens (including phenoxy) is 1. The number of benzene rings is 1. The SMILES string of the molecule is CCOc1cc(C(=O)N(CC)CC)nn1-c1ccccc1. The van der Waals surface area contributed by atoms with Crippen LogP contribution in [0.4, 0.5) is 0 Å². The topological polar surface area (TPSA) is 47.4 Å². The Morgan fingerprint density at radius 2 is 1.86 bits per heavy atom. The molecular formula is C16H21N3O2. The maximum atomic E-state index is 12.4. The zero-order valence-electron chi connectivity index (χ0n) is 12.7. The fraction of sp³-hybridized carbons (Fsp3) is 0.375. The van der Waals surface area contributed by atoms with E-state index in [1.165, 1.54) is 0 Å². The molecule has 1 amide bonds. The van der Waals surface area contributed by atoms with E-state index in [0.717, 1.165) is 5.69 Å². The van der Waals surface area contributed by atoms with Gasteiger partial charge in [-0.05, 0) is 32.9 Å². The van der Waals surface area contributed by atoms with Crippen molar-refractivity contribution in [1.29, 1.82) is 0 Å². The van der Waals surface area contributed by atoms with Gasteiger partial charge in [0.05, 0.1) is 12.3 Å². The lowest BCUT2D eigenvalue weighted by Gasteiger charge is -2.16. The van der Waals surface area contributed by atoms with Crippen LogP contribution in [0.15, 0.2) is 36.4 Å². The van der Waals surface area contributed by atoms with Crippen LogP contribution in [-0.2, 0) is 0 Å². The van der Waals surface area contributed by atoms with Gasteiger partial charge in [0.15, 0.2) is 5.69 Å². The predicted octanol–water partition coefficient (Wildman–Crippen LogP) is 2.75. The summed E-state index contributed by atoms with van der Waals surface area (Å²) in [5.41, 5.74) is 1.28. The van der Waals surface area contributed by atoms with E-state index >= 15 is 0 Å². The first kappa shape index (κ1) is 15.1. The van der Waals surface area contributed by atoms with Crippen LogP contribution in [-0.4, -0.2) is 40.3 Å². The Hall–Kier alpha value is -2.30. The number of hydrogen-bond acceptors (Lipinski definition) is 3. The fourth-order valence-electron chi connectivity index (χ4n) is 2.15. The zero-order valence-corrected chi connectivity index (χ0v) is 12.7. The Kier molecular flexibility index (Phi) is 4.98. The van der Waals surface area contributed by atoms with E-state index in [9.17, 15) is 4.79 Å². The summed E-state index contributed by atoms with van der Waals surface area (Å²) in [5.74, 6) is 0.509. The normalized spacial score (nSPS) is 10.4. The predicted molar refractivity (Wildman–Crippen MR) is 82.0 cm³/mol. The van der Waals surface area contributed by atoms with Gasteiger partial charge in [0.25, 0.3) is 5.91 Å². The van der Waals surface area contributed by atoms with Crippen molar-refractivity contribution in [3.63, 3.8) is 0 Å². The van der Waals surface area contributed by atoms with Gasteiger partial charge in [-0.15, -0.1) is 0 Å². The molecular weight excluding hydrogens is 266 g/mol. The van der Waals surface area contributed by atoms with Crippen molar-refractivity contribution in [2.75, 3.05) is 19.7 Å². The van der Waals surface area contributed by atoms with Crippen LogP contribution in [0, 0.1) is 0 Å². The highest BCUT2D eigenvalue weighted by atomic mass is 16.5. The molecule has 0 N–H and O–H groups in total. The average Bonchev–Trinajstić information content (AvgIpc) is 2.94. The molecule has 0 saturated carbocycles. The summed E-state index contributed by atoms with van der Waals surface area (Å²) in [7, 11) is 0. The van der Waals surface area contributed by atoms with E-state index in [0.29, 0.717) is 31.3 Å². The lowest BCUT2D eigenvalue weighted by atomic mass is 10.3. The quantitative estimate of drug-likeness (QED) is 0.820. The Labute approximate surface area is 125 Å². The van der Waals surface area contributed by atoms with Gasteiger partial charge in [-0.25, -0.2) is 4.68 Å². The summed E-state index contributed by atoms with van der Waals surface area (Å²) in [6.45, 7) is 7.68. The molecule has 0 fully saturated rings. The van der Waals surface area contributed by atoms with E-state index in [1.807, 2.05) is 51.1 Å². The minimum atomic E-state index is -0.0735. The number of para-hydroxylation sites is 1. The Morgan fingerprint density at radius 3 is 2.43 bits per heavy atom. The van der Waals surface area contributed by atoms with Crippen molar-refractivity contribution >= 4 is 5.91 Å². The molecule has 5 heteroatoms. The second-order valence-electron chi connectivity index (χ2n) is 4.53. The first-order valence-electron chi connectivity index (χ1n) is 7.28. The number of rotatable bonds is 6. The minimum Gasteiger partial charge on any atom is -0.478 e. The van der Waals surface area contributed by atoms with Crippen molar-refractivity contribution in [3.05, 3.63) is 42.1 Å². The summed E-state index contributed by atoms with van der Waals surface area (Å²) in [4.78, 5) is 14.1. The number of aromatic nitrogens is 2. The zero-order chi connectivity index (χ0) is 15.2. The molecule has 1 aromatic heterocycles. The molecule has 0 spiro atoms. The van der Waals surface area contributed by atoms with E-state index in [-0.39, 0.29) is 5.91 Å². The van der Waals surface area contributed by atoms with Crippen molar-refractivity contribution in [2.45, 2.75) is 20.8 Å². The smallest absolute Gasteiger partial charge is 0.274 e. The Balaban J connectivity index is 2.40. The van der Waals surface area contributed by atoms with Crippen LogP contribution >= 0.6 is 0 Å². The third-order valence-electron chi connectivity index (χ3n) is 3.24. The van der Waals surface area contributed by atoms with Gasteiger partial charge < -0.3 is 9.64 Å². The van der Waals surface area contributed by atoms with Gasteiger partial charge in [-0.3, -0.25) is 4.79 Å². The van der Waals surface area contributed by atoms with E-state index < -0.39 is 0 Å². The summed E-state index contributed by atoms with van der Waals surface area (Å²) in [6.07, 6.45) is 0. The van der Waals surface area contributed by atoms with Crippen molar-refractivity contribution in [3.8, 4) is 11.6 Å². The van der Waals surface area contributed by atoms with E-state index in [1.54, 1.807) is 15.6 Å². The molecule has 0 aliphatic heterocycles. The third kappa shape index (κ3) is 3.24. The Morgan fingerprint density at radius 1 is 1.19 bits per heavy atom. The first-order valence-corrected chi connectivity index (χ1v) is 7.28. The van der Waals surface area contributed by atoms with Crippen LogP contribution in [0.25, 0.3) is 5.69 Å². The molecule has 1 aromatic carbocycles. The molecule has 0 unspecified atom stereocenters. The highest BCUT2D eigenvalue weighted by Crippen LogP contribution is 2.20.